The second-order valence-electron chi connectivity index (χ2n) is 7.88. The lowest BCUT2D eigenvalue weighted by Crippen LogP contribution is -2.49. The van der Waals surface area contributed by atoms with Crippen LogP contribution in [0.15, 0.2) is 36.3 Å². The van der Waals surface area contributed by atoms with E-state index in [9.17, 15) is 4.39 Å². The van der Waals surface area contributed by atoms with E-state index < -0.39 is 0 Å². The highest BCUT2D eigenvalue weighted by Crippen LogP contribution is 2.41. The average molecular weight is 397 g/mol. The number of hydrogen-bond donors (Lipinski definition) is 2. The van der Waals surface area contributed by atoms with E-state index in [4.69, 9.17) is 5.73 Å². The van der Waals surface area contributed by atoms with Gasteiger partial charge in [-0.2, -0.15) is 4.98 Å². The monoisotopic (exact) mass is 396 g/mol. The van der Waals surface area contributed by atoms with Gasteiger partial charge in [-0.05, 0) is 64.3 Å². The van der Waals surface area contributed by atoms with E-state index in [0.29, 0.717) is 18.3 Å². The van der Waals surface area contributed by atoms with Crippen LogP contribution in [0.25, 0.3) is 0 Å². The van der Waals surface area contributed by atoms with Crippen molar-refractivity contribution in [2.24, 2.45) is 0 Å². The van der Waals surface area contributed by atoms with Crippen LogP contribution in [-0.4, -0.2) is 29.1 Å². The number of para-hydroxylation sites is 1. The molecular formula is C22H29FN6. The third-order valence-electron chi connectivity index (χ3n) is 6.13. The maximum atomic E-state index is 14.9. The summed E-state index contributed by atoms with van der Waals surface area (Å²) in [7, 11) is 2.02. The molecule has 154 valence electrons. The van der Waals surface area contributed by atoms with Crippen molar-refractivity contribution in [3.05, 3.63) is 53.2 Å². The molecule has 2 heterocycles. The predicted octanol–water partition coefficient (Wildman–Crippen LogP) is 3.72. The fourth-order valence-corrected chi connectivity index (χ4v) is 4.66. The summed E-state index contributed by atoms with van der Waals surface area (Å²) < 4.78 is 14.9. The van der Waals surface area contributed by atoms with E-state index >= 15 is 0 Å². The SMILES string of the molecule is C/C=C1\N(c2c(C)cccc2F)Cc2cnc(N)nc2N1C1CCC(NC)CC1. The summed E-state index contributed by atoms with van der Waals surface area (Å²) in [6, 6.07) is 6.05. The Morgan fingerprint density at radius 2 is 2.00 bits per heavy atom. The molecule has 6 nitrogen and oxygen atoms in total. The highest BCUT2D eigenvalue weighted by molar-refractivity contribution is 5.69. The van der Waals surface area contributed by atoms with Crippen molar-refractivity contribution < 1.29 is 4.39 Å². The zero-order valence-corrected chi connectivity index (χ0v) is 17.3. The van der Waals surface area contributed by atoms with E-state index in [-0.39, 0.29) is 17.8 Å². The molecule has 7 heteroatoms. The smallest absolute Gasteiger partial charge is 0.221 e. The molecule has 29 heavy (non-hydrogen) atoms. The first-order valence-electron chi connectivity index (χ1n) is 10.3. The third-order valence-corrected chi connectivity index (χ3v) is 6.13. The lowest BCUT2D eigenvalue weighted by Gasteiger charge is -2.46. The topological polar surface area (TPSA) is 70.3 Å². The molecule has 1 fully saturated rings. The minimum Gasteiger partial charge on any atom is -0.368 e. The van der Waals surface area contributed by atoms with Gasteiger partial charge in [0, 0.05) is 23.8 Å². The summed E-state index contributed by atoms with van der Waals surface area (Å²) in [5.74, 6) is 1.85. The number of anilines is 3. The van der Waals surface area contributed by atoms with Crippen LogP contribution in [0.3, 0.4) is 0 Å². The van der Waals surface area contributed by atoms with Gasteiger partial charge in [-0.25, -0.2) is 9.37 Å². The third kappa shape index (κ3) is 3.55. The molecule has 1 aliphatic heterocycles. The van der Waals surface area contributed by atoms with Crippen LogP contribution in [0.4, 0.5) is 21.8 Å². The zero-order valence-electron chi connectivity index (χ0n) is 17.3. The number of benzene rings is 1. The van der Waals surface area contributed by atoms with Crippen LogP contribution >= 0.6 is 0 Å². The van der Waals surface area contributed by atoms with Crippen molar-refractivity contribution >= 4 is 17.5 Å². The molecule has 0 radical (unpaired) electrons. The summed E-state index contributed by atoms with van der Waals surface area (Å²) in [6.07, 6.45) is 8.11. The normalized spacial score (nSPS) is 23.4. The molecule has 1 aromatic carbocycles. The van der Waals surface area contributed by atoms with Gasteiger partial charge < -0.3 is 20.9 Å². The molecule has 3 N–H and O–H groups in total. The maximum Gasteiger partial charge on any atom is 0.221 e. The number of hydrogen-bond acceptors (Lipinski definition) is 6. The lowest BCUT2D eigenvalue weighted by molar-refractivity contribution is 0.348. The van der Waals surface area contributed by atoms with Crippen molar-refractivity contribution in [2.75, 3.05) is 22.6 Å². The molecular weight excluding hydrogens is 367 g/mol. The first kappa shape index (κ1) is 19.6. The van der Waals surface area contributed by atoms with Gasteiger partial charge in [0.25, 0.3) is 0 Å². The van der Waals surface area contributed by atoms with Gasteiger partial charge in [-0.15, -0.1) is 0 Å². The Bertz CT molecular complexity index is 899. The first-order chi connectivity index (χ1) is 14.0. The molecule has 0 unspecified atom stereocenters. The second kappa shape index (κ2) is 7.99. The van der Waals surface area contributed by atoms with Crippen molar-refractivity contribution in [2.45, 2.75) is 58.2 Å². The molecule has 4 rings (SSSR count). The van der Waals surface area contributed by atoms with E-state index in [1.54, 1.807) is 12.3 Å². The Morgan fingerprint density at radius 3 is 2.66 bits per heavy atom. The largest absolute Gasteiger partial charge is 0.368 e. The van der Waals surface area contributed by atoms with Crippen LogP contribution in [0.1, 0.15) is 43.7 Å². The number of fused-ring (bicyclic) bond motifs is 1. The van der Waals surface area contributed by atoms with Gasteiger partial charge in [0.1, 0.15) is 17.5 Å². The van der Waals surface area contributed by atoms with Crippen LogP contribution in [0, 0.1) is 12.7 Å². The predicted molar refractivity (Wildman–Crippen MR) is 115 cm³/mol. The number of aryl methyl sites for hydroxylation is 1. The summed E-state index contributed by atoms with van der Waals surface area (Å²) in [4.78, 5) is 13.1. The van der Waals surface area contributed by atoms with Gasteiger partial charge in [0.05, 0.1) is 12.2 Å². The molecule has 0 amide bonds. The van der Waals surface area contributed by atoms with Crippen LogP contribution in [0.2, 0.25) is 0 Å². The van der Waals surface area contributed by atoms with Crippen molar-refractivity contribution in [1.29, 1.82) is 0 Å². The van der Waals surface area contributed by atoms with E-state index in [0.717, 1.165) is 48.4 Å². The number of nitrogens with two attached hydrogens (primary N) is 1. The molecule has 2 aromatic rings. The quantitative estimate of drug-likeness (QED) is 0.824. The number of nitrogen functional groups attached to an aromatic ring is 1. The fourth-order valence-electron chi connectivity index (χ4n) is 4.66. The van der Waals surface area contributed by atoms with Crippen molar-refractivity contribution in [3.63, 3.8) is 0 Å². The van der Waals surface area contributed by atoms with Gasteiger partial charge in [0.2, 0.25) is 5.95 Å². The van der Waals surface area contributed by atoms with Crippen molar-refractivity contribution in [3.8, 4) is 0 Å². The summed E-state index contributed by atoms with van der Waals surface area (Å²) in [5, 5.41) is 3.39. The van der Waals surface area contributed by atoms with Gasteiger partial charge in [-0.3, -0.25) is 0 Å². The van der Waals surface area contributed by atoms with Gasteiger partial charge in [0.15, 0.2) is 0 Å². The minimum atomic E-state index is -0.219. The standard InChI is InChI=1S/C22H29FN6/c1-4-19-28(20-14(2)6-5-7-18(20)23)13-15-12-26-22(24)27-21(15)29(19)17-10-8-16(25-3)9-11-17/h4-7,12,16-17,25H,8-11,13H2,1-3H3,(H2,24,26,27)/b19-4+. The van der Waals surface area contributed by atoms with Crippen LogP contribution in [0.5, 0.6) is 0 Å². The molecule has 0 spiro atoms. The van der Waals surface area contributed by atoms with Crippen molar-refractivity contribution in [1.82, 2.24) is 15.3 Å². The van der Waals surface area contributed by atoms with Crippen LogP contribution in [-0.2, 0) is 6.54 Å². The number of nitrogens with one attached hydrogen (secondary N) is 1. The molecule has 2 aliphatic rings. The summed E-state index contributed by atoms with van der Waals surface area (Å²) in [5.41, 5.74) is 8.42. The highest BCUT2D eigenvalue weighted by Gasteiger charge is 2.36. The Balaban J connectivity index is 1.81. The second-order valence-corrected chi connectivity index (χ2v) is 7.88. The van der Waals surface area contributed by atoms with Gasteiger partial charge in [-0.1, -0.05) is 12.1 Å². The minimum absolute atomic E-state index is 0.219. The number of allylic oxidation sites excluding steroid dienone is 1. The number of halogens is 1. The molecule has 1 aliphatic carbocycles. The average Bonchev–Trinajstić information content (AvgIpc) is 2.73. The molecule has 0 bridgehead atoms. The zero-order chi connectivity index (χ0) is 20.5. The molecule has 0 atom stereocenters. The summed E-state index contributed by atoms with van der Waals surface area (Å²) >= 11 is 0. The van der Waals surface area contributed by atoms with E-state index in [1.165, 1.54) is 6.07 Å². The Morgan fingerprint density at radius 1 is 1.24 bits per heavy atom. The number of aromatic nitrogens is 2. The number of nitrogens with zero attached hydrogens (tertiary/aromatic N) is 4. The van der Waals surface area contributed by atoms with E-state index in [1.807, 2.05) is 27.0 Å². The van der Waals surface area contributed by atoms with Crippen LogP contribution < -0.4 is 20.9 Å². The maximum absolute atomic E-state index is 14.9. The molecule has 1 saturated carbocycles. The van der Waals surface area contributed by atoms with E-state index in [2.05, 4.69) is 31.2 Å². The molecule has 1 aromatic heterocycles. The highest BCUT2D eigenvalue weighted by atomic mass is 19.1. The van der Waals surface area contributed by atoms with Gasteiger partial charge >= 0.3 is 0 Å². The Kier molecular flexibility index (Phi) is 5.41. The Hall–Kier alpha value is -2.67. The number of rotatable bonds is 3. The molecule has 0 saturated heterocycles. The Labute approximate surface area is 171 Å². The first-order valence-corrected chi connectivity index (χ1v) is 10.3. The lowest BCUT2D eigenvalue weighted by atomic mass is 9.89. The fraction of sp³-hybridized carbons (Fsp3) is 0.455. The summed E-state index contributed by atoms with van der Waals surface area (Å²) in [6.45, 7) is 4.46.